The van der Waals surface area contributed by atoms with E-state index in [2.05, 4.69) is 17.6 Å². The summed E-state index contributed by atoms with van der Waals surface area (Å²) in [6.07, 6.45) is 2.13. The lowest BCUT2D eigenvalue weighted by atomic mass is 10.3. The van der Waals surface area contributed by atoms with Gasteiger partial charge in [-0.2, -0.15) is 0 Å². The highest BCUT2D eigenvalue weighted by Gasteiger charge is 2.01. The number of rotatable bonds is 10. The summed E-state index contributed by atoms with van der Waals surface area (Å²) in [6, 6.07) is 6.96. The summed E-state index contributed by atoms with van der Waals surface area (Å²) in [5.41, 5.74) is 0.701. The second-order valence-electron chi connectivity index (χ2n) is 4.44. The summed E-state index contributed by atoms with van der Waals surface area (Å²) >= 11 is 0. The normalized spacial score (nSPS) is 10.2. The number of benzene rings is 1. The molecular formula is C15H24N2O4. The number of carbonyl (C=O) groups is 1. The lowest BCUT2D eigenvalue weighted by Crippen LogP contribution is -2.31. The third kappa shape index (κ3) is 8.16. The van der Waals surface area contributed by atoms with Crippen LogP contribution >= 0.6 is 0 Å². The highest BCUT2D eigenvalue weighted by atomic mass is 16.5. The van der Waals surface area contributed by atoms with Gasteiger partial charge in [0.15, 0.2) is 0 Å². The number of anilines is 1. The highest BCUT2D eigenvalue weighted by molar-refractivity contribution is 5.89. The molecule has 0 fully saturated rings. The molecule has 0 heterocycles. The van der Waals surface area contributed by atoms with Crippen LogP contribution in [-0.2, 0) is 4.74 Å². The Morgan fingerprint density at radius 3 is 2.62 bits per heavy atom. The van der Waals surface area contributed by atoms with Gasteiger partial charge in [-0.1, -0.05) is 13.3 Å². The Hall–Kier alpha value is -1.79. The zero-order chi connectivity index (χ0) is 15.3. The van der Waals surface area contributed by atoms with Crippen molar-refractivity contribution in [3.8, 4) is 5.75 Å². The number of carbonyl (C=O) groups excluding carboxylic acids is 1. The third-order valence-electron chi connectivity index (χ3n) is 2.65. The van der Waals surface area contributed by atoms with Crippen LogP contribution in [-0.4, -0.2) is 44.1 Å². The second-order valence-corrected chi connectivity index (χ2v) is 4.44. The van der Waals surface area contributed by atoms with Crippen LogP contribution in [0.5, 0.6) is 5.75 Å². The van der Waals surface area contributed by atoms with Gasteiger partial charge in [0.25, 0.3) is 0 Å². The predicted octanol–water partition coefficient (Wildman–Crippen LogP) is 2.00. The van der Waals surface area contributed by atoms with Crippen LogP contribution in [0.25, 0.3) is 0 Å². The third-order valence-corrected chi connectivity index (χ3v) is 2.65. The second kappa shape index (κ2) is 10.9. The lowest BCUT2D eigenvalue weighted by Gasteiger charge is -2.09. The van der Waals surface area contributed by atoms with Gasteiger partial charge in [0.05, 0.1) is 26.4 Å². The average molecular weight is 296 g/mol. The van der Waals surface area contributed by atoms with Crippen molar-refractivity contribution in [2.45, 2.75) is 19.8 Å². The van der Waals surface area contributed by atoms with Crippen LogP contribution in [0.4, 0.5) is 10.5 Å². The first-order valence-electron chi connectivity index (χ1n) is 7.22. The Kier molecular flexibility index (Phi) is 8.99. The molecule has 0 radical (unpaired) electrons. The van der Waals surface area contributed by atoms with Gasteiger partial charge < -0.3 is 25.2 Å². The number of ether oxygens (including phenoxy) is 2. The Bertz CT molecular complexity index is 395. The molecular weight excluding hydrogens is 272 g/mol. The standard InChI is InChI=1S/C15H24N2O4/c1-2-3-10-21-14-6-4-13(5-7-14)17-15(19)16-8-11-20-12-9-18/h4-7,18H,2-3,8-12H2,1H3,(H2,16,17,19). The van der Waals surface area contributed by atoms with Gasteiger partial charge in [-0.15, -0.1) is 0 Å². The van der Waals surface area contributed by atoms with Gasteiger partial charge in [0, 0.05) is 12.2 Å². The van der Waals surface area contributed by atoms with E-state index < -0.39 is 0 Å². The molecule has 6 nitrogen and oxygen atoms in total. The molecule has 3 N–H and O–H groups in total. The summed E-state index contributed by atoms with van der Waals surface area (Å²) in [5, 5.41) is 13.9. The number of hydrogen-bond acceptors (Lipinski definition) is 4. The van der Waals surface area contributed by atoms with Crippen LogP contribution in [0.2, 0.25) is 0 Å². The maximum Gasteiger partial charge on any atom is 0.319 e. The molecule has 2 amide bonds. The fourth-order valence-corrected chi connectivity index (χ4v) is 1.55. The van der Waals surface area contributed by atoms with E-state index in [0.717, 1.165) is 18.6 Å². The van der Waals surface area contributed by atoms with Crippen molar-refractivity contribution in [1.82, 2.24) is 5.32 Å². The Balaban J connectivity index is 2.23. The molecule has 0 aliphatic heterocycles. The van der Waals surface area contributed by atoms with Crippen molar-refractivity contribution in [2.24, 2.45) is 0 Å². The molecule has 1 aromatic rings. The zero-order valence-corrected chi connectivity index (χ0v) is 12.4. The largest absolute Gasteiger partial charge is 0.494 e. The van der Waals surface area contributed by atoms with Crippen LogP contribution in [0.3, 0.4) is 0 Å². The summed E-state index contributed by atoms with van der Waals surface area (Å²) in [7, 11) is 0. The average Bonchev–Trinajstić information content (AvgIpc) is 2.49. The van der Waals surface area contributed by atoms with E-state index in [1.54, 1.807) is 12.1 Å². The molecule has 0 saturated carbocycles. The number of hydrogen-bond donors (Lipinski definition) is 3. The molecule has 0 bridgehead atoms. The molecule has 0 saturated heterocycles. The van der Waals surface area contributed by atoms with Gasteiger partial charge in [-0.25, -0.2) is 4.79 Å². The maximum absolute atomic E-state index is 11.6. The van der Waals surface area contributed by atoms with Gasteiger partial charge in [0.1, 0.15) is 5.75 Å². The topological polar surface area (TPSA) is 79.8 Å². The van der Waals surface area contributed by atoms with E-state index in [0.29, 0.717) is 25.4 Å². The van der Waals surface area contributed by atoms with Crippen LogP contribution in [0.15, 0.2) is 24.3 Å². The van der Waals surface area contributed by atoms with E-state index in [1.165, 1.54) is 0 Å². The maximum atomic E-state index is 11.6. The first-order chi connectivity index (χ1) is 10.3. The smallest absolute Gasteiger partial charge is 0.319 e. The van der Waals surface area contributed by atoms with E-state index in [1.807, 2.05) is 12.1 Å². The molecule has 118 valence electrons. The van der Waals surface area contributed by atoms with Crippen molar-refractivity contribution in [3.63, 3.8) is 0 Å². The summed E-state index contributed by atoms with van der Waals surface area (Å²) in [4.78, 5) is 11.6. The van der Waals surface area contributed by atoms with Crippen molar-refractivity contribution < 1.29 is 19.4 Å². The summed E-state index contributed by atoms with van der Waals surface area (Å²) in [6.45, 7) is 3.85. The zero-order valence-electron chi connectivity index (χ0n) is 12.4. The Morgan fingerprint density at radius 2 is 1.95 bits per heavy atom. The first-order valence-corrected chi connectivity index (χ1v) is 7.22. The van der Waals surface area contributed by atoms with Crippen LogP contribution in [0, 0.1) is 0 Å². The monoisotopic (exact) mass is 296 g/mol. The molecule has 0 unspecified atom stereocenters. The van der Waals surface area contributed by atoms with E-state index in [9.17, 15) is 4.79 Å². The van der Waals surface area contributed by atoms with Gasteiger partial charge >= 0.3 is 6.03 Å². The lowest BCUT2D eigenvalue weighted by molar-refractivity contribution is 0.0950. The van der Waals surface area contributed by atoms with Crippen molar-refractivity contribution in [1.29, 1.82) is 0 Å². The molecule has 0 aliphatic rings. The fourth-order valence-electron chi connectivity index (χ4n) is 1.55. The number of urea groups is 1. The number of amides is 2. The van der Waals surface area contributed by atoms with Crippen molar-refractivity contribution in [2.75, 3.05) is 38.3 Å². The minimum absolute atomic E-state index is 0.0150. The number of aliphatic hydroxyl groups is 1. The molecule has 21 heavy (non-hydrogen) atoms. The van der Waals surface area contributed by atoms with Crippen molar-refractivity contribution in [3.05, 3.63) is 24.3 Å². The molecule has 1 rings (SSSR count). The predicted molar refractivity (Wildman–Crippen MR) is 81.8 cm³/mol. The van der Waals surface area contributed by atoms with Gasteiger partial charge in [-0.3, -0.25) is 0 Å². The number of unbranched alkanes of at least 4 members (excludes halogenated alkanes) is 1. The van der Waals surface area contributed by atoms with Crippen LogP contribution in [0.1, 0.15) is 19.8 Å². The van der Waals surface area contributed by atoms with E-state index in [-0.39, 0.29) is 19.2 Å². The molecule has 1 aromatic carbocycles. The molecule has 0 aliphatic carbocycles. The van der Waals surface area contributed by atoms with E-state index >= 15 is 0 Å². The molecule has 0 spiro atoms. The van der Waals surface area contributed by atoms with Gasteiger partial charge in [0.2, 0.25) is 0 Å². The molecule has 0 aromatic heterocycles. The summed E-state index contributed by atoms with van der Waals surface area (Å²) in [5.74, 6) is 0.798. The van der Waals surface area contributed by atoms with Crippen LogP contribution < -0.4 is 15.4 Å². The summed E-state index contributed by atoms with van der Waals surface area (Å²) < 4.78 is 10.6. The fraction of sp³-hybridized carbons (Fsp3) is 0.533. The first kappa shape index (κ1) is 17.3. The minimum Gasteiger partial charge on any atom is -0.494 e. The molecule has 0 atom stereocenters. The van der Waals surface area contributed by atoms with Gasteiger partial charge in [-0.05, 0) is 30.7 Å². The van der Waals surface area contributed by atoms with E-state index in [4.69, 9.17) is 14.6 Å². The number of aliphatic hydroxyl groups excluding tert-OH is 1. The van der Waals surface area contributed by atoms with Crippen molar-refractivity contribution >= 4 is 11.7 Å². The quantitative estimate of drug-likeness (QED) is 0.577. The molecule has 6 heteroatoms. The highest BCUT2D eigenvalue weighted by Crippen LogP contribution is 2.15. The number of nitrogens with one attached hydrogen (secondary N) is 2. The Morgan fingerprint density at radius 1 is 1.19 bits per heavy atom. The minimum atomic E-state index is -0.290. The Labute approximate surface area is 125 Å². The SMILES string of the molecule is CCCCOc1ccc(NC(=O)NCCOCCO)cc1.